The Morgan fingerprint density at radius 1 is 1.32 bits per heavy atom. The molecule has 0 spiro atoms. The number of carbonyl (C=O) groups excluding carboxylic acids is 2. The van der Waals surface area contributed by atoms with Gasteiger partial charge in [-0.25, -0.2) is 0 Å². The van der Waals surface area contributed by atoms with Gasteiger partial charge in [0, 0.05) is 13.2 Å². The van der Waals surface area contributed by atoms with Crippen LogP contribution in [0.25, 0.3) is 0 Å². The fraction of sp³-hybridized carbons (Fsp3) is 0.857. The lowest BCUT2D eigenvalue weighted by Gasteiger charge is -2.47. The second-order valence-electron chi connectivity index (χ2n) is 6.58. The van der Waals surface area contributed by atoms with Crippen molar-refractivity contribution in [3.8, 4) is 0 Å². The van der Waals surface area contributed by atoms with Gasteiger partial charge in [0.05, 0.1) is 6.61 Å². The zero-order valence-electron chi connectivity index (χ0n) is 12.9. The summed E-state index contributed by atoms with van der Waals surface area (Å²) < 4.78 is 5.32. The molecule has 0 saturated carbocycles. The van der Waals surface area contributed by atoms with Gasteiger partial charge in [-0.05, 0) is 26.2 Å². The highest BCUT2D eigenvalue weighted by atomic mass is 16.5. The highest BCUT2D eigenvalue weighted by Gasteiger charge is 2.49. The average Bonchev–Trinajstić information content (AvgIpc) is 2.22. The Balaban J connectivity index is 2.99. The first-order chi connectivity index (χ1) is 8.61. The Kier molecular flexibility index (Phi) is 4.61. The van der Waals surface area contributed by atoms with Crippen molar-refractivity contribution >= 4 is 11.8 Å². The highest BCUT2D eigenvalue weighted by Crippen LogP contribution is 2.30. The number of amides is 2. The van der Waals surface area contributed by atoms with Crippen LogP contribution in [0.4, 0.5) is 0 Å². The van der Waals surface area contributed by atoms with Gasteiger partial charge in [-0.3, -0.25) is 9.59 Å². The minimum atomic E-state index is -0.842. The molecule has 5 heteroatoms. The van der Waals surface area contributed by atoms with Crippen molar-refractivity contribution in [1.82, 2.24) is 10.2 Å². The second kappa shape index (κ2) is 5.49. The Labute approximate surface area is 115 Å². The standard InChI is InChI=1S/C14H26N2O3/c1-7-19-9-8-16-10(13(2,3)4)11(17)15-14(5,6)12(16)18/h10H,7-9H2,1-6H3,(H,15,17). The number of rotatable bonds is 4. The molecule has 1 fully saturated rings. The van der Waals surface area contributed by atoms with Crippen molar-refractivity contribution in [2.24, 2.45) is 5.41 Å². The lowest BCUT2D eigenvalue weighted by molar-refractivity contribution is -0.158. The highest BCUT2D eigenvalue weighted by molar-refractivity contribution is 5.99. The molecule has 0 aromatic rings. The third kappa shape index (κ3) is 3.47. The van der Waals surface area contributed by atoms with Crippen LogP contribution in [0.3, 0.4) is 0 Å². The lowest BCUT2D eigenvalue weighted by atomic mass is 9.81. The van der Waals surface area contributed by atoms with Gasteiger partial charge in [0.15, 0.2) is 0 Å². The summed E-state index contributed by atoms with van der Waals surface area (Å²) in [7, 11) is 0. The van der Waals surface area contributed by atoms with Gasteiger partial charge in [-0.2, -0.15) is 0 Å². The van der Waals surface area contributed by atoms with Crippen LogP contribution in [-0.2, 0) is 14.3 Å². The molecule has 1 aliphatic heterocycles. The third-order valence-electron chi connectivity index (χ3n) is 3.29. The molecular weight excluding hydrogens is 244 g/mol. The van der Waals surface area contributed by atoms with Crippen LogP contribution in [0.15, 0.2) is 0 Å². The maximum atomic E-state index is 12.5. The molecule has 19 heavy (non-hydrogen) atoms. The van der Waals surface area contributed by atoms with Gasteiger partial charge in [0.2, 0.25) is 11.8 Å². The fourth-order valence-electron chi connectivity index (χ4n) is 2.45. The van der Waals surface area contributed by atoms with E-state index in [4.69, 9.17) is 4.74 Å². The predicted octanol–water partition coefficient (Wildman–Crippen LogP) is 1.17. The van der Waals surface area contributed by atoms with E-state index in [9.17, 15) is 9.59 Å². The molecule has 0 aromatic carbocycles. The molecule has 1 saturated heterocycles. The van der Waals surface area contributed by atoms with Crippen molar-refractivity contribution in [3.05, 3.63) is 0 Å². The Hall–Kier alpha value is -1.10. The molecular formula is C14H26N2O3. The van der Waals surface area contributed by atoms with E-state index in [1.165, 1.54) is 0 Å². The molecule has 0 aromatic heterocycles. The first-order valence-electron chi connectivity index (χ1n) is 6.82. The van der Waals surface area contributed by atoms with Crippen LogP contribution in [-0.4, -0.2) is 48.1 Å². The van der Waals surface area contributed by atoms with Crippen LogP contribution in [0, 0.1) is 5.41 Å². The van der Waals surface area contributed by atoms with E-state index in [2.05, 4.69) is 5.32 Å². The molecule has 1 heterocycles. The van der Waals surface area contributed by atoms with Crippen LogP contribution in [0.2, 0.25) is 0 Å². The van der Waals surface area contributed by atoms with E-state index in [1.807, 2.05) is 27.7 Å². The first kappa shape index (κ1) is 16.0. The lowest BCUT2D eigenvalue weighted by Crippen LogP contribution is -2.71. The van der Waals surface area contributed by atoms with Gasteiger partial charge in [0.1, 0.15) is 11.6 Å². The number of nitrogens with zero attached hydrogens (tertiary/aromatic N) is 1. The molecule has 1 unspecified atom stereocenters. The van der Waals surface area contributed by atoms with Crippen molar-refractivity contribution in [1.29, 1.82) is 0 Å². The minimum Gasteiger partial charge on any atom is -0.380 e. The van der Waals surface area contributed by atoms with Gasteiger partial charge < -0.3 is 15.0 Å². The summed E-state index contributed by atoms with van der Waals surface area (Å²) in [5.74, 6) is -0.139. The van der Waals surface area contributed by atoms with Gasteiger partial charge in [-0.1, -0.05) is 20.8 Å². The summed E-state index contributed by atoms with van der Waals surface area (Å²) >= 11 is 0. The predicted molar refractivity (Wildman–Crippen MR) is 73.7 cm³/mol. The SMILES string of the molecule is CCOCCN1C(=O)C(C)(C)NC(=O)C1C(C)(C)C. The van der Waals surface area contributed by atoms with E-state index in [-0.39, 0.29) is 17.2 Å². The third-order valence-corrected chi connectivity index (χ3v) is 3.29. The minimum absolute atomic E-state index is 0.0493. The largest absolute Gasteiger partial charge is 0.380 e. The molecule has 0 radical (unpaired) electrons. The maximum Gasteiger partial charge on any atom is 0.248 e. The van der Waals surface area contributed by atoms with Crippen molar-refractivity contribution in [3.63, 3.8) is 0 Å². The quantitative estimate of drug-likeness (QED) is 0.780. The number of carbonyl (C=O) groups is 2. The van der Waals surface area contributed by atoms with E-state index < -0.39 is 11.6 Å². The zero-order chi connectivity index (χ0) is 14.8. The zero-order valence-corrected chi connectivity index (χ0v) is 12.9. The molecule has 1 atom stereocenters. The summed E-state index contributed by atoms with van der Waals surface area (Å²) in [4.78, 5) is 26.5. The first-order valence-corrected chi connectivity index (χ1v) is 6.82. The number of hydrogen-bond donors (Lipinski definition) is 1. The van der Waals surface area contributed by atoms with E-state index in [0.29, 0.717) is 19.8 Å². The topological polar surface area (TPSA) is 58.6 Å². The average molecular weight is 270 g/mol. The van der Waals surface area contributed by atoms with Crippen molar-refractivity contribution < 1.29 is 14.3 Å². The summed E-state index contributed by atoms with van der Waals surface area (Å²) in [6.07, 6.45) is 0. The Morgan fingerprint density at radius 3 is 2.37 bits per heavy atom. The normalized spacial score (nSPS) is 23.5. The van der Waals surface area contributed by atoms with E-state index in [0.717, 1.165) is 0 Å². The number of piperazine rings is 1. The molecule has 110 valence electrons. The van der Waals surface area contributed by atoms with Crippen LogP contribution < -0.4 is 5.32 Å². The number of nitrogens with one attached hydrogen (secondary N) is 1. The second-order valence-corrected chi connectivity index (χ2v) is 6.58. The molecule has 2 amide bonds. The molecule has 1 aliphatic rings. The molecule has 1 rings (SSSR count). The number of ether oxygens (including phenoxy) is 1. The van der Waals surface area contributed by atoms with Crippen LogP contribution in [0.5, 0.6) is 0 Å². The van der Waals surface area contributed by atoms with Crippen molar-refractivity contribution in [2.45, 2.75) is 53.1 Å². The molecule has 0 bridgehead atoms. The van der Waals surface area contributed by atoms with E-state index in [1.54, 1.807) is 18.7 Å². The van der Waals surface area contributed by atoms with Crippen LogP contribution >= 0.6 is 0 Å². The van der Waals surface area contributed by atoms with Gasteiger partial charge in [-0.15, -0.1) is 0 Å². The number of hydrogen-bond acceptors (Lipinski definition) is 3. The Bertz CT molecular complexity index is 358. The molecule has 0 aliphatic carbocycles. The summed E-state index contributed by atoms with van der Waals surface area (Å²) in [5.41, 5.74) is -1.15. The fourth-order valence-corrected chi connectivity index (χ4v) is 2.45. The summed E-state index contributed by atoms with van der Waals surface area (Å²) in [6.45, 7) is 12.8. The Morgan fingerprint density at radius 2 is 1.89 bits per heavy atom. The molecule has 1 N–H and O–H groups in total. The van der Waals surface area contributed by atoms with Gasteiger partial charge >= 0.3 is 0 Å². The summed E-state index contributed by atoms with van der Waals surface area (Å²) in [5, 5.41) is 2.81. The van der Waals surface area contributed by atoms with Crippen LogP contribution in [0.1, 0.15) is 41.5 Å². The van der Waals surface area contributed by atoms with Gasteiger partial charge in [0.25, 0.3) is 0 Å². The molecule has 5 nitrogen and oxygen atoms in total. The smallest absolute Gasteiger partial charge is 0.248 e. The summed E-state index contributed by atoms with van der Waals surface area (Å²) in [6, 6.07) is -0.450. The van der Waals surface area contributed by atoms with E-state index >= 15 is 0 Å². The monoisotopic (exact) mass is 270 g/mol. The van der Waals surface area contributed by atoms with Crippen molar-refractivity contribution in [2.75, 3.05) is 19.8 Å². The maximum absolute atomic E-state index is 12.5.